The molecule has 0 amide bonds. The number of piperidine rings is 1. The van der Waals surface area contributed by atoms with Gasteiger partial charge in [0.1, 0.15) is 5.78 Å². The third-order valence-corrected chi connectivity index (χ3v) is 4.35. The van der Waals surface area contributed by atoms with Crippen molar-refractivity contribution >= 4 is 5.78 Å². The summed E-state index contributed by atoms with van der Waals surface area (Å²) in [7, 11) is 0. The van der Waals surface area contributed by atoms with Gasteiger partial charge in [0.15, 0.2) is 0 Å². The summed E-state index contributed by atoms with van der Waals surface area (Å²) in [5.74, 6) is 1.77. The van der Waals surface area contributed by atoms with E-state index in [4.69, 9.17) is 4.42 Å². The number of ketones is 1. The average Bonchev–Trinajstić information content (AvgIpc) is 3.03. The fourth-order valence-corrected chi connectivity index (χ4v) is 3.09. The number of hydrogen-bond acceptors (Lipinski definition) is 5. The standard InChI is InChI=1S/C18H23N3O2/c1-2-17-19-20-18(23-17)13-21-10-6-9-15(12-21)16(22)11-14-7-4-3-5-8-14/h3-5,7-8,15H,2,6,9-13H2,1H3. The molecule has 0 spiro atoms. The molecule has 0 saturated carbocycles. The van der Waals surface area contributed by atoms with Crippen LogP contribution < -0.4 is 0 Å². The van der Waals surface area contributed by atoms with Crippen molar-refractivity contribution in [3.05, 3.63) is 47.7 Å². The van der Waals surface area contributed by atoms with Crippen LogP contribution in [0.15, 0.2) is 34.7 Å². The molecule has 2 heterocycles. The number of carbonyl (C=O) groups excluding carboxylic acids is 1. The van der Waals surface area contributed by atoms with Crippen molar-refractivity contribution in [1.29, 1.82) is 0 Å². The molecule has 1 fully saturated rings. The van der Waals surface area contributed by atoms with E-state index < -0.39 is 0 Å². The smallest absolute Gasteiger partial charge is 0.230 e. The zero-order chi connectivity index (χ0) is 16.1. The second-order valence-corrected chi connectivity index (χ2v) is 6.15. The zero-order valence-electron chi connectivity index (χ0n) is 13.6. The van der Waals surface area contributed by atoms with Crippen molar-refractivity contribution in [3.63, 3.8) is 0 Å². The van der Waals surface area contributed by atoms with Crippen LogP contribution in [0.3, 0.4) is 0 Å². The molecule has 0 aliphatic carbocycles. The van der Waals surface area contributed by atoms with Gasteiger partial charge >= 0.3 is 0 Å². The molecule has 5 heteroatoms. The van der Waals surface area contributed by atoms with Crippen molar-refractivity contribution < 1.29 is 9.21 Å². The number of benzene rings is 1. The lowest BCUT2D eigenvalue weighted by molar-refractivity contribution is -0.124. The lowest BCUT2D eigenvalue weighted by Gasteiger charge is -2.30. The van der Waals surface area contributed by atoms with Gasteiger partial charge in [0, 0.05) is 25.3 Å². The Kier molecular flexibility index (Phi) is 5.18. The highest BCUT2D eigenvalue weighted by molar-refractivity contribution is 5.83. The number of aryl methyl sites for hydroxylation is 1. The summed E-state index contributed by atoms with van der Waals surface area (Å²) in [6, 6.07) is 9.98. The number of carbonyl (C=O) groups is 1. The maximum atomic E-state index is 12.5. The second kappa shape index (κ2) is 7.51. The largest absolute Gasteiger partial charge is 0.424 e. The first-order chi connectivity index (χ1) is 11.2. The minimum absolute atomic E-state index is 0.109. The number of Topliss-reactive ketones (excluding diaryl/α,β-unsaturated/α-hetero) is 1. The number of nitrogens with zero attached hydrogens (tertiary/aromatic N) is 3. The first-order valence-electron chi connectivity index (χ1n) is 8.35. The molecule has 1 aromatic heterocycles. The van der Waals surface area contributed by atoms with Gasteiger partial charge < -0.3 is 4.42 Å². The minimum atomic E-state index is 0.109. The Balaban J connectivity index is 1.56. The Hall–Kier alpha value is -2.01. The van der Waals surface area contributed by atoms with E-state index in [1.807, 2.05) is 37.3 Å². The summed E-state index contributed by atoms with van der Waals surface area (Å²) in [6.07, 6.45) is 3.30. The molecule has 1 aliphatic heterocycles. The normalized spacial score (nSPS) is 18.9. The Morgan fingerprint density at radius 3 is 2.78 bits per heavy atom. The molecule has 1 aliphatic rings. The third kappa shape index (κ3) is 4.26. The maximum Gasteiger partial charge on any atom is 0.230 e. The predicted molar refractivity (Wildman–Crippen MR) is 86.8 cm³/mol. The average molecular weight is 313 g/mol. The van der Waals surface area contributed by atoms with Crippen molar-refractivity contribution in [2.45, 2.75) is 39.2 Å². The summed E-state index contributed by atoms with van der Waals surface area (Å²) in [5.41, 5.74) is 1.10. The van der Waals surface area contributed by atoms with Gasteiger partial charge in [-0.15, -0.1) is 10.2 Å². The molecule has 3 rings (SSSR count). The lowest BCUT2D eigenvalue weighted by atomic mass is 9.90. The monoisotopic (exact) mass is 313 g/mol. The minimum Gasteiger partial charge on any atom is -0.424 e. The van der Waals surface area contributed by atoms with Gasteiger partial charge in [-0.1, -0.05) is 37.3 Å². The molecule has 23 heavy (non-hydrogen) atoms. The summed E-state index contributed by atoms with van der Waals surface area (Å²) in [5, 5.41) is 8.08. The Bertz CT molecular complexity index is 639. The lowest BCUT2D eigenvalue weighted by Crippen LogP contribution is -2.38. The first-order valence-corrected chi connectivity index (χ1v) is 8.35. The first kappa shape index (κ1) is 15.9. The Morgan fingerprint density at radius 1 is 1.26 bits per heavy atom. The molecule has 1 atom stereocenters. The summed E-state index contributed by atoms with van der Waals surface area (Å²) in [4.78, 5) is 14.8. The van der Waals surface area contributed by atoms with Gasteiger partial charge in [-0.2, -0.15) is 0 Å². The summed E-state index contributed by atoms with van der Waals surface area (Å²) in [6.45, 7) is 4.41. The molecule has 0 bridgehead atoms. The van der Waals surface area contributed by atoms with Crippen LogP contribution in [0.2, 0.25) is 0 Å². The van der Waals surface area contributed by atoms with Gasteiger partial charge in [-0.25, -0.2) is 0 Å². The van der Waals surface area contributed by atoms with Crippen molar-refractivity contribution in [2.24, 2.45) is 5.92 Å². The van der Waals surface area contributed by atoms with E-state index >= 15 is 0 Å². The quantitative estimate of drug-likeness (QED) is 0.820. The van der Waals surface area contributed by atoms with Gasteiger partial charge in [0.05, 0.1) is 6.54 Å². The predicted octanol–water partition coefficient (Wildman–Crippen LogP) is 2.66. The van der Waals surface area contributed by atoms with E-state index in [2.05, 4.69) is 15.1 Å². The summed E-state index contributed by atoms with van der Waals surface area (Å²) < 4.78 is 5.58. The van der Waals surface area contributed by atoms with Crippen molar-refractivity contribution in [3.8, 4) is 0 Å². The molecular weight excluding hydrogens is 290 g/mol. The Labute approximate surface area is 136 Å². The van der Waals surface area contributed by atoms with Crippen LogP contribution in [0.25, 0.3) is 0 Å². The highest BCUT2D eigenvalue weighted by atomic mass is 16.4. The van der Waals surface area contributed by atoms with E-state index in [9.17, 15) is 4.79 Å². The SMILES string of the molecule is CCc1nnc(CN2CCCC(C(=O)Cc3ccccc3)C2)o1. The van der Waals surface area contributed by atoms with Crippen molar-refractivity contribution in [2.75, 3.05) is 13.1 Å². The highest BCUT2D eigenvalue weighted by Crippen LogP contribution is 2.20. The molecule has 1 saturated heterocycles. The zero-order valence-corrected chi connectivity index (χ0v) is 13.6. The number of likely N-dealkylation sites (tertiary alicyclic amines) is 1. The van der Waals surface area contributed by atoms with E-state index in [1.54, 1.807) is 0 Å². The second-order valence-electron chi connectivity index (χ2n) is 6.15. The van der Waals surface area contributed by atoms with E-state index in [0.717, 1.165) is 37.9 Å². The molecule has 1 unspecified atom stereocenters. The van der Waals surface area contributed by atoms with Crippen LogP contribution in [0, 0.1) is 5.92 Å². The van der Waals surface area contributed by atoms with Crippen LogP contribution in [-0.4, -0.2) is 34.0 Å². The van der Waals surface area contributed by atoms with Crippen LogP contribution in [-0.2, 0) is 24.2 Å². The van der Waals surface area contributed by atoms with Gasteiger partial charge in [-0.3, -0.25) is 9.69 Å². The van der Waals surface area contributed by atoms with E-state index in [-0.39, 0.29) is 5.92 Å². The van der Waals surface area contributed by atoms with E-state index in [1.165, 1.54) is 0 Å². The van der Waals surface area contributed by atoms with Gasteiger partial charge in [0.25, 0.3) is 0 Å². The number of aromatic nitrogens is 2. The van der Waals surface area contributed by atoms with Crippen LogP contribution >= 0.6 is 0 Å². The Morgan fingerprint density at radius 2 is 2.04 bits per heavy atom. The fourth-order valence-electron chi connectivity index (χ4n) is 3.09. The number of rotatable bonds is 6. The molecule has 0 radical (unpaired) electrons. The molecule has 122 valence electrons. The molecule has 5 nitrogen and oxygen atoms in total. The maximum absolute atomic E-state index is 12.5. The molecule has 1 aromatic carbocycles. The van der Waals surface area contributed by atoms with Crippen LogP contribution in [0.4, 0.5) is 0 Å². The van der Waals surface area contributed by atoms with Crippen molar-refractivity contribution in [1.82, 2.24) is 15.1 Å². The highest BCUT2D eigenvalue weighted by Gasteiger charge is 2.26. The van der Waals surface area contributed by atoms with Gasteiger partial charge in [0.2, 0.25) is 11.8 Å². The topological polar surface area (TPSA) is 59.2 Å². The third-order valence-electron chi connectivity index (χ3n) is 4.35. The van der Waals surface area contributed by atoms with Crippen LogP contribution in [0.5, 0.6) is 0 Å². The molecule has 2 aromatic rings. The number of hydrogen-bond donors (Lipinski definition) is 0. The fraction of sp³-hybridized carbons (Fsp3) is 0.500. The van der Waals surface area contributed by atoms with E-state index in [0.29, 0.717) is 30.5 Å². The summed E-state index contributed by atoms with van der Waals surface area (Å²) >= 11 is 0. The van der Waals surface area contributed by atoms with Crippen LogP contribution in [0.1, 0.15) is 37.1 Å². The van der Waals surface area contributed by atoms with Gasteiger partial charge in [-0.05, 0) is 24.9 Å². The molecule has 0 N–H and O–H groups in total. The molecular formula is C18H23N3O2.